The van der Waals surface area contributed by atoms with E-state index in [2.05, 4.69) is 5.32 Å². The summed E-state index contributed by atoms with van der Waals surface area (Å²) in [5.74, 6) is -0.216. The van der Waals surface area contributed by atoms with Crippen LogP contribution in [-0.2, 0) is 15.0 Å². The van der Waals surface area contributed by atoms with Crippen molar-refractivity contribution >= 4 is 21.9 Å². The van der Waals surface area contributed by atoms with Gasteiger partial charge in [-0.25, -0.2) is 0 Å². The molecule has 0 spiro atoms. The van der Waals surface area contributed by atoms with Crippen molar-refractivity contribution in [2.24, 2.45) is 0 Å². The standard InChI is InChI=1S/C18H27N3O4S/c1-14-4-6-15(7-5-14)17(22)8-9-18(23)19-16-10-12-21(13-11-16)26(24,25)20(2)3/h4-7,16H,8-13H2,1-3H3,(H,19,23). The van der Waals surface area contributed by atoms with Gasteiger partial charge in [0.2, 0.25) is 5.91 Å². The van der Waals surface area contributed by atoms with E-state index < -0.39 is 10.2 Å². The number of hydrogen-bond donors (Lipinski definition) is 1. The molecule has 1 amide bonds. The monoisotopic (exact) mass is 381 g/mol. The second kappa shape index (κ2) is 8.75. The van der Waals surface area contributed by atoms with Crippen molar-refractivity contribution in [1.82, 2.24) is 13.9 Å². The molecule has 0 aliphatic carbocycles. The highest BCUT2D eigenvalue weighted by atomic mass is 32.2. The van der Waals surface area contributed by atoms with Crippen molar-refractivity contribution in [3.05, 3.63) is 35.4 Å². The van der Waals surface area contributed by atoms with Gasteiger partial charge in [-0.15, -0.1) is 0 Å². The Balaban J connectivity index is 1.75. The molecule has 0 atom stereocenters. The van der Waals surface area contributed by atoms with Gasteiger partial charge < -0.3 is 5.32 Å². The lowest BCUT2D eigenvalue weighted by molar-refractivity contribution is -0.122. The average Bonchev–Trinajstić information content (AvgIpc) is 2.60. The second-order valence-electron chi connectivity index (χ2n) is 6.82. The van der Waals surface area contributed by atoms with Crippen molar-refractivity contribution in [3.63, 3.8) is 0 Å². The zero-order valence-electron chi connectivity index (χ0n) is 15.6. The molecule has 0 aromatic heterocycles. The number of piperidine rings is 1. The highest BCUT2D eigenvalue weighted by Gasteiger charge is 2.29. The van der Waals surface area contributed by atoms with E-state index in [4.69, 9.17) is 0 Å². The molecule has 0 saturated carbocycles. The summed E-state index contributed by atoms with van der Waals surface area (Å²) in [4.78, 5) is 24.2. The minimum absolute atomic E-state index is 0.0490. The molecule has 1 fully saturated rings. The van der Waals surface area contributed by atoms with Gasteiger partial charge in [0.1, 0.15) is 0 Å². The molecule has 2 rings (SSSR count). The number of rotatable bonds is 7. The molecule has 0 unspecified atom stereocenters. The number of carbonyl (C=O) groups is 2. The minimum atomic E-state index is -3.40. The lowest BCUT2D eigenvalue weighted by Gasteiger charge is -2.33. The van der Waals surface area contributed by atoms with Gasteiger partial charge in [-0.05, 0) is 19.8 Å². The van der Waals surface area contributed by atoms with Crippen molar-refractivity contribution in [1.29, 1.82) is 0 Å². The Hall–Kier alpha value is -1.77. The van der Waals surface area contributed by atoms with Crippen LogP contribution in [0.25, 0.3) is 0 Å². The largest absolute Gasteiger partial charge is 0.353 e. The van der Waals surface area contributed by atoms with E-state index in [-0.39, 0.29) is 30.6 Å². The predicted molar refractivity (Wildman–Crippen MR) is 100 cm³/mol. The third kappa shape index (κ3) is 5.36. The number of carbonyl (C=O) groups excluding carboxylic acids is 2. The highest BCUT2D eigenvalue weighted by Crippen LogP contribution is 2.16. The first-order chi connectivity index (χ1) is 12.2. The van der Waals surface area contributed by atoms with Gasteiger partial charge in [0.15, 0.2) is 5.78 Å². The van der Waals surface area contributed by atoms with E-state index in [0.29, 0.717) is 31.5 Å². The van der Waals surface area contributed by atoms with Gasteiger partial charge in [-0.1, -0.05) is 29.8 Å². The fraction of sp³-hybridized carbons (Fsp3) is 0.556. The summed E-state index contributed by atoms with van der Waals surface area (Å²) in [6.45, 7) is 2.72. The van der Waals surface area contributed by atoms with E-state index >= 15 is 0 Å². The number of Topliss-reactive ketones (excluding diaryl/α,β-unsaturated/α-hetero) is 1. The van der Waals surface area contributed by atoms with Crippen molar-refractivity contribution < 1.29 is 18.0 Å². The smallest absolute Gasteiger partial charge is 0.281 e. The van der Waals surface area contributed by atoms with Crippen molar-refractivity contribution in [2.75, 3.05) is 27.2 Å². The van der Waals surface area contributed by atoms with Crippen LogP contribution in [0, 0.1) is 6.92 Å². The first-order valence-electron chi connectivity index (χ1n) is 8.77. The molecule has 1 aromatic rings. The maximum absolute atomic E-state index is 12.1. The number of benzene rings is 1. The molecule has 1 aliphatic heterocycles. The average molecular weight is 381 g/mol. The summed E-state index contributed by atoms with van der Waals surface area (Å²) < 4.78 is 26.8. The maximum Gasteiger partial charge on any atom is 0.281 e. The lowest BCUT2D eigenvalue weighted by Crippen LogP contribution is -2.49. The number of nitrogens with one attached hydrogen (secondary N) is 1. The quantitative estimate of drug-likeness (QED) is 0.722. The molecule has 0 bridgehead atoms. The van der Waals surface area contributed by atoms with E-state index in [0.717, 1.165) is 5.56 Å². The van der Waals surface area contributed by atoms with Crippen LogP contribution in [0.4, 0.5) is 0 Å². The van der Waals surface area contributed by atoms with E-state index in [1.807, 2.05) is 19.1 Å². The topological polar surface area (TPSA) is 86.8 Å². The summed E-state index contributed by atoms with van der Waals surface area (Å²) in [5, 5.41) is 2.91. The molecular formula is C18H27N3O4S. The van der Waals surface area contributed by atoms with Gasteiger partial charge in [-0.3, -0.25) is 9.59 Å². The van der Waals surface area contributed by atoms with Crippen molar-refractivity contribution in [2.45, 2.75) is 38.6 Å². The maximum atomic E-state index is 12.1. The molecule has 26 heavy (non-hydrogen) atoms. The van der Waals surface area contributed by atoms with Gasteiger partial charge >= 0.3 is 0 Å². The minimum Gasteiger partial charge on any atom is -0.353 e. The Kier molecular flexibility index (Phi) is 6.91. The molecule has 7 nitrogen and oxygen atoms in total. The van der Waals surface area contributed by atoms with Gasteiger partial charge in [-0.2, -0.15) is 17.0 Å². The van der Waals surface area contributed by atoms with E-state index in [1.165, 1.54) is 22.7 Å². The highest BCUT2D eigenvalue weighted by molar-refractivity contribution is 7.86. The molecule has 1 N–H and O–H groups in total. The van der Waals surface area contributed by atoms with Gasteiger partial charge in [0, 0.05) is 51.6 Å². The Labute approximate surface area is 155 Å². The Morgan fingerprint density at radius 1 is 1.12 bits per heavy atom. The third-order valence-electron chi connectivity index (χ3n) is 4.56. The summed E-state index contributed by atoms with van der Waals surface area (Å²) >= 11 is 0. The van der Waals surface area contributed by atoms with E-state index in [9.17, 15) is 18.0 Å². The molecule has 1 aliphatic rings. The van der Waals surface area contributed by atoms with Crippen LogP contribution >= 0.6 is 0 Å². The Morgan fingerprint density at radius 2 is 1.69 bits per heavy atom. The van der Waals surface area contributed by atoms with E-state index in [1.54, 1.807) is 12.1 Å². The van der Waals surface area contributed by atoms with Crippen LogP contribution in [0.1, 0.15) is 41.6 Å². The fourth-order valence-corrected chi connectivity index (χ4v) is 4.01. The SMILES string of the molecule is Cc1ccc(C(=O)CCC(=O)NC2CCN(S(=O)(=O)N(C)C)CC2)cc1. The number of amides is 1. The number of aryl methyl sites for hydroxylation is 1. The molecule has 1 heterocycles. The third-order valence-corrected chi connectivity index (χ3v) is 6.50. The molecular weight excluding hydrogens is 354 g/mol. The van der Waals surface area contributed by atoms with Crippen molar-refractivity contribution in [3.8, 4) is 0 Å². The molecule has 8 heteroatoms. The summed E-state index contributed by atoms with van der Waals surface area (Å²) in [7, 11) is -0.381. The Bertz CT molecular complexity index is 736. The van der Waals surface area contributed by atoms with Crippen LogP contribution < -0.4 is 5.32 Å². The van der Waals surface area contributed by atoms with Gasteiger partial charge in [0.25, 0.3) is 10.2 Å². The number of hydrogen-bond acceptors (Lipinski definition) is 4. The van der Waals surface area contributed by atoms with Crippen LogP contribution in [0.2, 0.25) is 0 Å². The number of ketones is 1. The molecule has 1 aromatic carbocycles. The first kappa shape index (κ1) is 20.5. The zero-order valence-corrected chi connectivity index (χ0v) is 16.4. The lowest BCUT2D eigenvalue weighted by atomic mass is 10.0. The summed E-state index contributed by atoms with van der Waals surface area (Å²) in [6.07, 6.45) is 1.46. The second-order valence-corrected chi connectivity index (χ2v) is 8.96. The van der Waals surface area contributed by atoms with Crippen LogP contribution in [0.5, 0.6) is 0 Å². The first-order valence-corrected chi connectivity index (χ1v) is 10.2. The molecule has 0 radical (unpaired) electrons. The summed E-state index contributed by atoms with van der Waals surface area (Å²) in [5.41, 5.74) is 1.70. The molecule has 144 valence electrons. The normalized spacial score (nSPS) is 16.6. The fourth-order valence-electron chi connectivity index (χ4n) is 2.87. The zero-order chi connectivity index (χ0) is 19.3. The molecule has 1 saturated heterocycles. The van der Waals surface area contributed by atoms with Crippen LogP contribution in [0.3, 0.4) is 0 Å². The number of nitrogens with zero attached hydrogens (tertiary/aromatic N) is 2. The van der Waals surface area contributed by atoms with Crippen LogP contribution in [-0.4, -0.2) is 61.9 Å². The van der Waals surface area contributed by atoms with Crippen LogP contribution in [0.15, 0.2) is 24.3 Å². The summed E-state index contributed by atoms with van der Waals surface area (Å²) in [6, 6.07) is 7.25. The predicted octanol–water partition coefficient (Wildman–Crippen LogP) is 1.34. The van der Waals surface area contributed by atoms with Gasteiger partial charge in [0.05, 0.1) is 0 Å². The Morgan fingerprint density at radius 3 is 2.23 bits per heavy atom.